The summed E-state index contributed by atoms with van der Waals surface area (Å²) in [5, 5.41) is 3.08. The van der Waals surface area contributed by atoms with Crippen molar-refractivity contribution in [1.29, 1.82) is 0 Å². The highest BCUT2D eigenvalue weighted by Crippen LogP contribution is 2.27. The first-order valence-corrected chi connectivity index (χ1v) is 11.0. The largest absolute Gasteiger partial charge is 0.483 e. The molecule has 1 saturated heterocycles. The number of aryl methyl sites for hydroxylation is 2. The lowest BCUT2D eigenvalue weighted by molar-refractivity contribution is -0.134. The Hall–Kier alpha value is -3.16. The molecule has 1 aromatic heterocycles. The van der Waals surface area contributed by atoms with E-state index in [0.29, 0.717) is 31.3 Å². The number of carbonyl (C=O) groups is 2. The minimum atomic E-state index is -0.0290. The number of nitrogens with one attached hydrogen (secondary N) is 1. The van der Waals surface area contributed by atoms with Crippen molar-refractivity contribution in [3.05, 3.63) is 46.9 Å². The van der Waals surface area contributed by atoms with E-state index in [1.54, 1.807) is 11.9 Å². The van der Waals surface area contributed by atoms with E-state index < -0.39 is 0 Å². The highest BCUT2D eigenvalue weighted by atomic mass is 16.5. The molecule has 2 aromatic rings. The van der Waals surface area contributed by atoms with Gasteiger partial charge < -0.3 is 19.9 Å². The second kappa shape index (κ2) is 10.4. The fourth-order valence-corrected chi connectivity index (χ4v) is 3.93. The van der Waals surface area contributed by atoms with Gasteiger partial charge in [0.25, 0.3) is 5.91 Å². The average Bonchev–Trinajstić information content (AvgIpc) is 2.78. The van der Waals surface area contributed by atoms with Crippen LogP contribution in [0.3, 0.4) is 0 Å². The molecule has 1 unspecified atom stereocenters. The van der Waals surface area contributed by atoms with Crippen molar-refractivity contribution < 1.29 is 14.3 Å². The van der Waals surface area contributed by atoms with Gasteiger partial charge in [0.15, 0.2) is 6.61 Å². The standard InChI is InChI=1S/C24H33N5O3/c1-16-8-6-9-17(2)23(16)32-15-22(31)29-11-7-10-19(13-29)24-26-20(12-21(25-4)27-24)14-28(5)18(3)30/h6,8-9,12,19H,7,10-11,13-15H2,1-5H3,(H,25,26,27). The molecule has 1 fully saturated rings. The van der Waals surface area contributed by atoms with Gasteiger partial charge in [0.05, 0.1) is 12.2 Å². The van der Waals surface area contributed by atoms with Crippen LogP contribution in [0.15, 0.2) is 24.3 Å². The highest BCUT2D eigenvalue weighted by Gasteiger charge is 2.27. The summed E-state index contributed by atoms with van der Waals surface area (Å²) < 4.78 is 5.88. The highest BCUT2D eigenvalue weighted by molar-refractivity contribution is 5.78. The molecule has 1 aromatic carbocycles. The van der Waals surface area contributed by atoms with Gasteiger partial charge in [0.1, 0.15) is 17.4 Å². The van der Waals surface area contributed by atoms with Gasteiger partial charge in [-0.2, -0.15) is 0 Å². The van der Waals surface area contributed by atoms with Crippen LogP contribution in [0.2, 0.25) is 0 Å². The van der Waals surface area contributed by atoms with Gasteiger partial charge in [-0.25, -0.2) is 9.97 Å². The summed E-state index contributed by atoms with van der Waals surface area (Å²) in [7, 11) is 3.56. The molecule has 1 aliphatic rings. The second-order valence-corrected chi connectivity index (χ2v) is 8.42. The molecular weight excluding hydrogens is 406 g/mol. The maximum absolute atomic E-state index is 12.9. The summed E-state index contributed by atoms with van der Waals surface area (Å²) in [6.07, 6.45) is 1.80. The number of nitrogens with zero attached hydrogens (tertiary/aromatic N) is 4. The predicted octanol–water partition coefficient (Wildman–Crippen LogP) is 2.90. The van der Waals surface area contributed by atoms with Crippen LogP contribution in [0.4, 0.5) is 5.82 Å². The van der Waals surface area contributed by atoms with Gasteiger partial charge in [0, 0.05) is 46.1 Å². The van der Waals surface area contributed by atoms with Crippen LogP contribution in [-0.2, 0) is 16.1 Å². The van der Waals surface area contributed by atoms with E-state index in [1.807, 2.05) is 50.1 Å². The molecule has 8 heteroatoms. The number of piperidine rings is 1. The topological polar surface area (TPSA) is 87.7 Å². The normalized spacial score (nSPS) is 15.9. The summed E-state index contributed by atoms with van der Waals surface area (Å²) in [5.74, 6) is 2.19. The van der Waals surface area contributed by atoms with Crippen LogP contribution in [0, 0.1) is 13.8 Å². The van der Waals surface area contributed by atoms with Crippen molar-refractivity contribution >= 4 is 17.6 Å². The van der Waals surface area contributed by atoms with Crippen molar-refractivity contribution in [2.24, 2.45) is 0 Å². The number of likely N-dealkylation sites (tertiary alicyclic amines) is 1. The number of anilines is 1. The van der Waals surface area contributed by atoms with Crippen molar-refractivity contribution in [2.75, 3.05) is 39.1 Å². The third kappa shape index (κ3) is 5.75. The Bertz CT molecular complexity index is 958. The molecule has 1 atom stereocenters. The van der Waals surface area contributed by atoms with E-state index in [9.17, 15) is 9.59 Å². The summed E-state index contributed by atoms with van der Waals surface area (Å²) in [5.41, 5.74) is 2.82. The zero-order valence-corrected chi connectivity index (χ0v) is 19.6. The lowest BCUT2D eigenvalue weighted by Gasteiger charge is -2.32. The molecule has 2 amide bonds. The van der Waals surface area contributed by atoms with Gasteiger partial charge in [-0.15, -0.1) is 0 Å². The summed E-state index contributed by atoms with van der Waals surface area (Å²) in [6.45, 7) is 7.20. The lowest BCUT2D eigenvalue weighted by atomic mass is 9.97. The Morgan fingerprint density at radius 2 is 1.97 bits per heavy atom. The Morgan fingerprint density at radius 3 is 2.62 bits per heavy atom. The van der Waals surface area contributed by atoms with Gasteiger partial charge in [0.2, 0.25) is 5.91 Å². The Kier molecular flexibility index (Phi) is 7.66. The monoisotopic (exact) mass is 439 g/mol. The molecule has 3 rings (SSSR count). The molecule has 172 valence electrons. The predicted molar refractivity (Wildman–Crippen MR) is 124 cm³/mol. The number of rotatable bonds is 7. The van der Waals surface area contributed by atoms with Crippen LogP contribution in [0.5, 0.6) is 5.75 Å². The van der Waals surface area contributed by atoms with E-state index in [0.717, 1.165) is 35.4 Å². The van der Waals surface area contributed by atoms with Crippen molar-refractivity contribution in [3.8, 4) is 5.75 Å². The fourth-order valence-electron chi connectivity index (χ4n) is 3.93. The van der Waals surface area contributed by atoms with E-state index >= 15 is 0 Å². The number of hydrogen-bond acceptors (Lipinski definition) is 6. The third-order valence-corrected chi connectivity index (χ3v) is 5.88. The number of ether oxygens (including phenoxy) is 1. The number of carbonyl (C=O) groups excluding carboxylic acids is 2. The number of hydrogen-bond donors (Lipinski definition) is 1. The molecule has 0 spiro atoms. The first kappa shape index (κ1) is 23.5. The maximum Gasteiger partial charge on any atom is 0.260 e. The first-order chi connectivity index (χ1) is 15.3. The molecule has 2 heterocycles. The summed E-state index contributed by atoms with van der Waals surface area (Å²) in [4.78, 5) is 37.3. The van der Waals surface area contributed by atoms with Crippen molar-refractivity contribution in [3.63, 3.8) is 0 Å². The van der Waals surface area contributed by atoms with Crippen LogP contribution in [0.1, 0.15) is 48.3 Å². The Labute approximate surface area is 190 Å². The van der Waals surface area contributed by atoms with Gasteiger partial charge in [-0.05, 0) is 37.8 Å². The Morgan fingerprint density at radius 1 is 1.25 bits per heavy atom. The smallest absolute Gasteiger partial charge is 0.260 e. The van der Waals surface area contributed by atoms with Crippen LogP contribution in [-0.4, -0.2) is 65.4 Å². The summed E-state index contributed by atoms with van der Waals surface area (Å²) in [6, 6.07) is 7.80. The fraction of sp³-hybridized carbons (Fsp3) is 0.500. The van der Waals surface area contributed by atoms with E-state index in [2.05, 4.69) is 10.3 Å². The van der Waals surface area contributed by atoms with Crippen LogP contribution < -0.4 is 10.1 Å². The third-order valence-electron chi connectivity index (χ3n) is 5.88. The van der Waals surface area contributed by atoms with Gasteiger partial charge >= 0.3 is 0 Å². The average molecular weight is 440 g/mol. The molecule has 0 radical (unpaired) electrons. The minimum Gasteiger partial charge on any atom is -0.483 e. The molecule has 0 saturated carbocycles. The van der Waals surface area contributed by atoms with Crippen LogP contribution >= 0.6 is 0 Å². The van der Waals surface area contributed by atoms with Gasteiger partial charge in [-0.1, -0.05) is 18.2 Å². The van der Waals surface area contributed by atoms with E-state index in [1.165, 1.54) is 6.92 Å². The summed E-state index contributed by atoms with van der Waals surface area (Å²) >= 11 is 0. The Balaban J connectivity index is 1.69. The van der Waals surface area contributed by atoms with Crippen molar-refractivity contribution in [1.82, 2.24) is 19.8 Å². The maximum atomic E-state index is 12.9. The van der Waals surface area contributed by atoms with Crippen LogP contribution in [0.25, 0.3) is 0 Å². The quantitative estimate of drug-likeness (QED) is 0.714. The zero-order chi connectivity index (χ0) is 23.3. The van der Waals surface area contributed by atoms with E-state index in [4.69, 9.17) is 9.72 Å². The molecule has 1 N–H and O–H groups in total. The molecule has 8 nitrogen and oxygen atoms in total. The number of aromatic nitrogens is 2. The minimum absolute atomic E-state index is 0.0183. The van der Waals surface area contributed by atoms with Crippen molar-refractivity contribution in [2.45, 2.75) is 46.1 Å². The molecule has 0 aliphatic carbocycles. The molecule has 0 bridgehead atoms. The number of para-hydroxylation sites is 1. The lowest BCUT2D eigenvalue weighted by Crippen LogP contribution is -2.42. The second-order valence-electron chi connectivity index (χ2n) is 8.42. The van der Waals surface area contributed by atoms with E-state index in [-0.39, 0.29) is 24.3 Å². The number of amides is 2. The number of benzene rings is 1. The molecule has 1 aliphatic heterocycles. The zero-order valence-electron chi connectivity index (χ0n) is 19.6. The molecular formula is C24H33N5O3. The molecule has 32 heavy (non-hydrogen) atoms. The van der Waals surface area contributed by atoms with Gasteiger partial charge in [-0.3, -0.25) is 9.59 Å². The first-order valence-electron chi connectivity index (χ1n) is 11.0. The SMILES string of the molecule is CNc1cc(CN(C)C(C)=O)nc(C2CCCN(C(=O)COc3c(C)cccc3C)C2)n1.